The molecule has 1 aromatic carbocycles. The Balaban J connectivity index is 1.97. The van der Waals surface area contributed by atoms with E-state index in [9.17, 15) is 29.7 Å². The van der Waals surface area contributed by atoms with E-state index in [0.29, 0.717) is 32.7 Å². The molecule has 31 heavy (non-hydrogen) atoms. The molecule has 1 aliphatic rings. The Hall–Kier alpha value is -2.89. The van der Waals surface area contributed by atoms with Crippen LogP contribution in [0.15, 0.2) is 24.3 Å². The quantitative estimate of drug-likeness (QED) is 0.331. The van der Waals surface area contributed by atoms with Crippen LogP contribution in [0.3, 0.4) is 0 Å². The molecule has 1 aliphatic heterocycles. The predicted octanol–water partition coefficient (Wildman–Crippen LogP) is 0.827. The van der Waals surface area contributed by atoms with E-state index in [2.05, 4.69) is 0 Å². The standard InChI is InChI=1S/C20H27NO10/c1-2-5-18(29-15-7-4-3-6-14(15)22)30-16(23)12-20(27,19(25)26)13-17(24)31-21-8-10-28-11-9-21/h3-4,6-7,18,22,27H,2,5,8-13H2,1H3,(H,25,26). The van der Waals surface area contributed by atoms with Crippen molar-refractivity contribution in [1.29, 1.82) is 0 Å². The van der Waals surface area contributed by atoms with Gasteiger partial charge in [-0.1, -0.05) is 19.1 Å². The Kier molecular flexibility index (Phi) is 9.03. The third-order valence-corrected chi connectivity index (χ3v) is 4.38. The van der Waals surface area contributed by atoms with E-state index in [1.54, 1.807) is 12.1 Å². The number of aromatic hydroxyl groups is 1. The summed E-state index contributed by atoms with van der Waals surface area (Å²) in [5.41, 5.74) is -2.72. The summed E-state index contributed by atoms with van der Waals surface area (Å²) in [6.45, 7) is 3.12. The van der Waals surface area contributed by atoms with Crippen LogP contribution in [-0.4, -0.2) is 76.5 Å². The fourth-order valence-electron chi connectivity index (χ4n) is 2.77. The Bertz CT molecular complexity index is 764. The molecule has 1 heterocycles. The molecule has 0 aromatic heterocycles. The lowest BCUT2D eigenvalue weighted by atomic mass is 9.96. The van der Waals surface area contributed by atoms with E-state index in [4.69, 9.17) is 19.0 Å². The van der Waals surface area contributed by atoms with Gasteiger partial charge in [0, 0.05) is 6.42 Å². The lowest BCUT2D eigenvalue weighted by molar-refractivity contribution is -0.211. The zero-order valence-corrected chi connectivity index (χ0v) is 17.2. The van der Waals surface area contributed by atoms with Gasteiger partial charge in [0.05, 0.1) is 39.1 Å². The number of aliphatic carboxylic acids is 1. The number of nitrogens with zero attached hydrogens (tertiary/aromatic N) is 1. The average Bonchev–Trinajstić information content (AvgIpc) is 2.70. The molecule has 0 radical (unpaired) electrons. The number of hydroxylamine groups is 2. The zero-order valence-electron chi connectivity index (χ0n) is 17.2. The van der Waals surface area contributed by atoms with Crippen molar-refractivity contribution in [2.24, 2.45) is 0 Å². The summed E-state index contributed by atoms with van der Waals surface area (Å²) >= 11 is 0. The second kappa shape index (κ2) is 11.5. The topological polar surface area (TPSA) is 152 Å². The maximum Gasteiger partial charge on any atom is 0.336 e. The molecule has 0 amide bonds. The largest absolute Gasteiger partial charge is 0.504 e. The number of carboxylic acid groups (broad SMARTS) is 1. The van der Waals surface area contributed by atoms with Gasteiger partial charge in [0.1, 0.15) is 0 Å². The lowest BCUT2D eigenvalue weighted by Crippen LogP contribution is -2.46. The normalized spacial score (nSPS) is 17.2. The second-order valence-corrected chi connectivity index (χ2v) is 6.99. The van der Waals surface area contributed by atoms with Crippen molar-refractivity contribution < 1.29 is 48.8 Å². The number of carbonyl (C=O) groups excluding carboxylic acids is 2. The zero-order chi connectivity index (χ0) is 22.9. The van der Waals surface area contributed by atoms with Crippen molar-refractivity contribution in [2.45, 2.75) is 44.5 Å². The molecule has 0 spiro atoms. The smallest absolute Gasteiger partial charge is 0.336 e. The molecule has 2 rings (SSSR count). The number of hydrogen-bond acceptors (Lipinski definition) is 10. The van der Waals surface area contributed by atoms with Gasteiger partial charge in [-0.25, -0.2) is 4.79 Å². The first-order chi connectivity index (χ1) is 14.7. The molecule has 2 atom stereocenters. The Morgan fingerprint density at radius 3 is 2.42 bits per heavy atom. The minimum atomic E-state index is -2.72. The molecule has 1 fully saturated rings. The van der Waals surface area contributed by atoms with Crippen LogP contribution in [0.25, 0.3) is 0 Å². The van der Waals surface area contributed by atoms with Crippen LogP contribution < -0.4 is 4.74 Å². The van der Waals surface area contributed by atoms with E-state index in [-0.39, 0.29) is 17.9 Å². The van der Waals surface area contributed by atoms with Crippen molar-refractivity contribution in [3.63, 3.8) is 0 Å². The number of carboxylic acids is 1. The Labute approximate surface area is 179 Å². The van der Waals surface area contributed by atoms with Gasteiger partial charge in [-0.15, -0.1) is 5.06 Å². The highest BCUT2D eigenvalue weighted by Gasteiger charge is 2.43. The Morgan fingerprint density at radius 2 is 1.81 bits per heavy atom. The van der Waals surface area contributed by atoms with Gasteiger partial charge in [-0.05, 0) is 18.6 Å². The van der Waals surface area contributed by atoms with Crippen molar-refractivity contribution >= 4 is 17.9 Å². The van der Waals surface area contributed by atoms with Crippen molar-refractivity contribution in [3.8, 4) is 11.5 Å². The molecular weight excluding hydrogens is 414 g/mol. The molecule has 2 unspecified atom stereocenters. The van der Waals surface area contributed by atoms with Crippen LogP contribution in [0.4, 0.5) is 0 Å². The molecule has 0 saturated carbocycles. The Morgan fingerprint density at radius 1 is 1.16 bits per heavy atom. The number of carbonyl (C=O) groups is 3. The highest BCUT2D eigenvalue weighted by Crippen LogP contribution is 2.27. The SMILES string of the molecule is CCCC(OC(=O)CC(O)(CC(=O)ON1CCOCC1)C(=O)O)Oc1ccccc1O. The third-order valence-electron chi connectivity index (χ3n) is 4.38. The van der Waals surface area contributed by atoms with Crippen LogP contribution in [-0.2, 0) is 28.7 Å². The van der Waals surface area contributed by atoms with Gasteiger partial charge >= 0.3 is 17.9 Å². The highest BCUT2D eigenvalue weighted by atomic mass is 16.7. The van der Waals surface area contributed by atoms with Crippen LogP contribution in [0.2, 0.25) is 0 Å². The predicted molar refractivity (Wildman–Crippen MR) is 104 cm³/mol. The molecular formula is C20H27NO10. The van der Waals surface area contributed by atoms with Gasteiger partial charge in [0.25, 0.3) is 0 Å². The molecule has 0 aliphatic carbocycles. The van der Waals surface area contributed by atoms with Crippen molar-refractivity contribution in [1.82, 2.24) is 5.06 Å². The maximum absolute atomic E-state index is 12.3. The van der Waals surface area contributed by atoms with Crippen LogP contribution in [0.5, 0.6) is 11.5 Å². The minimum absolute atomic E-state index is 0.0799. The molecule has 3 N–H and O–H groups in total. The average molecular weight is 441 g/mol. The summed E-state index contributed by atoms with van der Waals surface area (Å²) in [4.78, 5) is 41.0. The number of rotatable bonds is 11. The van der Waals surface area contributed by atoms with E-state index in [0.717, 1.165) is 0 Å². The molecule has 11 nitrogen and oxygen atoms in total. The number of para-hydroxylation sites is 2. The summed E-state index contributed by atoms with van der Waals surface area (Å²) < 4.78 is 15.7. The summed E-state index contributed by atoms with van der Waals surface area (Å²) in [5.74, 6) is -3.94. The second-order valence-electron chi connectivity index (χ2n) is 6.99. The number of aliphatic hydroxyl groups is 1. The number of phenols is 1. The highest BCUT2D eigenvalue weighted by molar-refractivity contribution is 5.89. The number of phenolic OH excluding ortho intramolecular Hbond substituents is 1. The first-order valence-electron chi connectivity index (χ1n) is 9.87. The molecule has 0 bridgehead atoms. The summed E-state index contributed by atoms with van der Waals surface area (Å²) in [6, 6.07) is 6.07. The number of hydrogen-bond donors (Lipinski definition) is 3. The van der Waals surface area contributed by atoms with E-state index < -0.39 is 42.6 Å². The maximum atomic E-state index is 12.3. The minimum Gasteiger partial charge on any atom is -0.504 e. The monoisotopic (exact) mass is 441 g/mol. The summed E-state index contributed by atoms with van der Waals surface area (Å²) in [6.07, 6.45) is -2.26. The van der Waals surface area contributed by atoms with Gasteiger partial charge in [-0.3, -0.25) is 9.59 Å². The first kappa shape index (κ1) is 24.4. The molecule has 172 valence electrons. The summed E-state index contributed by atoms with van der Waals surface area (Å²) in [5, 5.41) is 30.9. The number of morpholine rings is 1. The molecule has 1 aromatic rings. The fraction of sp³-hybridized carbons (Fsp3) is 0.550. The van der Waals surface area contributed by atoms with Crippen molar-refractivity contribution in [3.05, 3.63) is 24.3 Å². The third kappa shape index (κ3) is 7.70. The van der Waals surface area contributed by atoms with Gasteiger partial charge in [0.2, 0.25) is 6.29 Å². The van der Waals surface area contributed by atoms with Crippen molar-refractivity contribution in [2.75, 3.05) is 26.3 Å². The molecule has 11 heteroatoms. The van der Waals surface area contributed by atoms with Crippen LogP contribution in [0.1, 0.15) is 32.6 Å². The number of benzene rings is 1. The van der Waals surface area contributed by atoms with E-state index in [1.165, 1.54) is 17.2 Å². The van der Waals surface area contributed by atoms with Gasteiger partial charge < -0.3 is 34.4 Å². The van der Waals surface area contributed by atoms with Crippen LogP contribution >= 0.6 is 0 Å². The van der Waals surface area contributed by atoms with Gasteiger partial charge in [-0.2, -0.15) is 0 Å². The molecule has 1 saturated heterocycles. The van der Waals surface area contributed by atoms with E-state index >= 15 is 0 Å². The van der Waals surface area contributed by atoms with Crippen LogP contribution in [0, 0.1) is 0 Å². The fourth-order valence-corrected chi connectivity index (χ4v) is 2.77. The van der Waals surface area contributed by atoms with E-state index in [1.807, 2.05) is 6.92 Å². The summed E-state index contributed by atoms with van der Waals surface area (Å²) in [7, 11) is 0. The van der Waals surface area contributed by atoms with Gasteiger partial charge in [0.15, 0.2) is 17.1 Å². The number of esters is 1. The lowest BCUT2D eigenvalue weighted by Gasteiger charge is -2.27. The number of ether oxygens (including phenoxy) is 3. The first-order valence-corrected chi connectivity index (χ1v) is 9.87.